The molecule has 1 aromatic heterocycles. The van der Waals surface area contributed by atoms with Crippen molar-refractivity contribution in [2.45, 2.75) is 52.7 Å². The van der Waals surface area contributed by atoms with Crippen molar-refractivity contribution in [1.29, 1.82) is 0 Å². The smallest absolute Gasteiger partial charge is 0.272 e. The van der Waals surface area contributed by atoms with E-state index in [1.165, 1.54) is 0 Å². The zero-order valence-electron chi connectivity index (χ0n) is 13.1. The monoisotopic (exact) mass is 278 g/mol. The van der Waals surface area contributed by atoms with E-state index < -0.39 is 0 Å². The van der Waals surface area contributed by atoms with Gasteiger partial charge in [-0.15, -0.1) is 0 Å². The van der Waals surface area contributed by atoms with Crippen molar-refractivity contribution in [3.63, 3.8) is 0 Å². The third-order valence-corrected chi connectivity index (χ3v) is 4.06. The molecule has 20 heavy (non-hydrogen) atoms. The predicted molar refractivity (Wildman–Crippen MR) is 79.7 cm³/mol. The summed E-state index contributed by atoms with van der Waals surface area (Å²) in [5, 5.41) is 7.45. The van der Waals surface area contributed by atoms with Gasteiger partial charge in [-0.1, -0.05) is 6.92 Å². The number of likely N-dealkylation sites (tertiary alicyclic amines) is 1. The average molecular weight is 278 g/mol. The van der Waals surface area contributed by atoms with E-state index in [9.17, 15) is 4.79 Å². The summed E-state index contributed by atoms with van der Waals surface area (Å²) in [6.07, 6.45) is 1.86. The Bertz CT molecular complexity index is 466. The molecule has 1 aliphatic heterocycles. The van der Waals surface area contributed by atoms with Crippen molar-refractivity contribution >= 4 is 5.91 Å². The maximum Gasteiger partial charge on any atom is 0.272 e. The molecule has 112 valence electrons. The van der Waals surface area contributed by atoms with E-state index in [4.69, 9.17) is 0 Å². The summed E-state index contributed by atoms with van der Waals surface area (Å²) in [5.41, 5.74) is 0.508. The number of aromatic nitrogens is 2. The Labute approximate surface area is 121 Å². The van der Waals surface area contributed by atoms with E-state index >= 15 is 0 Å². The van der Waals surface area contributed by atoms with E-state index in [1.54, 1.807) is 6.07 Å². The number of rotatable bonds is 4. The standard InChI is InChI=1S/C15H26N4O/c1-10(2)18-8-12(5)14(9-18)16-15(20)13-6-7-19(17-13)11(3)4/h6-7,10-12,14H,8-9H2,1-5H3,(H,16,20)/t12-,14-/m1/s1. The fourth-order valence-corrected chi connectivity index (χ4v) is 2.60. The van der Waals surface area contributed by atoms with Gasteiger partial charge in [-0.2, -0.15) is 5.10 Å². The molecule has 0 spiro atoms. The molecule has 0 aliphatic carbocycles. The Balaban J connectivity index is 1.97. The molecular weight excluding hydrogens is 252 g/mol. The number of hydrogen-bond acceptors (Lipinski definition) is 3. The molecule has 1 aliphatic rings. The van der Waals surface area contributed by atoms with Crippen molar-refractivity contribution in [1.82, 2.24) is 20.0 Å². The highest BCUT2D eigenvalue weighted by Gasteiger charge is 2.32. The molecule has 1 N–H and O–H groups in total. The number of carbonyl (C=O) groups is 1. The Hall–Kier alpha value is -1.36. The summed E-state index contributed by atoms with van der Waals surface area (Å²) < 4.78 is 1.81. The van der Waals surface area contributed by atoms with Crippen molar-refractivity contribution in [3.05, 3.63) is 18.0 Å². The van der Waals surface area contributed by atoms with Crippen LogP contribution in [0.2, 0.25) is 0 Å². The largest absolute Gasteiger partial charge is 0.346 e. The third-order valence-electron chi connectivity index (χ3n) is 4.06. The van der Waals surface area contributed by atoms with Crippen molar-refractivity contribution in [2.24, 2.45) is 5.92 Å². The molecular formula is C15H26N4O. The molecule has 0 radical (unpaired) electrons. The van der Waals surface area contributed by atoms with Gasteiger partial charge < -0.3 is 5.32 Å². The molecule has 2 atom stereocenters. The zero-order valence-corrected chi connectivity index (χ0v) is 13.1. The minimum atomic E-state index is -0.0631. The summed E-state index contributed by atoms with van der Waals surface area (Å²) in [6, 6.07) is 2.81. The van der Waals surface area contributed by atoms with Crippen LogP contribution in [0.5, 0.6) is 0 Å². The number of amides is 1. The van der Waals surface area contributed by atoms with E-state index in [2.05, 4.69) is 36.1 Å². The summed E-state index contributed by atoms with van der Waals surface area (Å²) in [5.74, 6) is 0.417. The van der Waals surface area contributed by atoms with Gasteiger partial charge in [-0.25, -0.2) is 0 Å². The van der Waals surface area contributed by atoms with Crippen LogP contribution in [0.15, 0.2) is 12.3 Å². The molecule has 1 amide bonds. The third kappa shape index (κ3) is 3.20. The fraction of sp³-hybridized carbons (Fsp3) is 0.733. The normalized spacial score (nSPS) is 23.8. The quantitative estimate of drug-likeness (QED) is 0.915. The van der Waals surface area contributed by atoms with Crippen LogP contribution in [-0.2, 0) is 0 Å². The number of nitrogens with zero attached hydrogens (tertiary/aromatic N) is 3. The van der Waals surface area contributed by atoms with E-state index in [0.717, 1.165) is 13.1 Å². The van der Waals surface area contributed by atoms with Crippen LogP contribution >= 0.6 is 0 Å². The first-order valence-electron chi connectivity index (χ1n) is 7.48. The first kappa shape index (κ1) is 15.0. The maximum atomic E-state index is 12.3. The van der Waals surface area contributed by atoms with Crippen LogP contribution in [0, 0.1) is 5.92 Å². The molecule has 5 nitrogen and oxygen atoms in total. The first-order chi connectivity index (χ1) is 9.38. The van der Waals surface area contributed by atoms with Gasteiger partial charge in [0, 0.05) is 37.4 Å². The summed E-state index contributed by atoms with van der Waals surface area (Å²) in [7, 11) is 0. The van der Waals surface area contributed by atoms with Gasteiger partial charge in [0.25, 0.3) is 5.91 Å². The second kappa shape index (κ2) is 5.95. The molecule has 0 unspecified atom stereocenters. The maximum absolute atomic E-state index is 12.3. The number of carbonyl (C=O) groups excluding carboxylic acids is 1. The van der Waals surface area contributed by atoms with E-state index in [0.29, 0.717) is 17.7 Å². The topological polar surface area (TPSA) is 50.2 Å². The van der Waals surface area contributed by atoms with Crippen LogP contribution in [0.3, 0.4) is 0 Å². The Morgan fingerprint density at radius 2 is 2.00 bits per heavy atom. The average Bonchev–Trinajstić information content (AvgIpc) is 2.97. The molecule has 2 heterocycles. The fourth-order valence-electron chi connectivity index (χ4n) is 2.60. The highest BCUT2D eigenvalue weighted by atomic mass is 16.2. The summed E-state index contributed by atoms with van der Waals surface area (Å²) in [6.45, 7) is 12.7. The lowest BCUT2D eigenvalue weighted by atomic mass is 10.1. The minimum absolute atomic E-state index is 0.0631. The van der Waals surface area contributed by atoms with Gasteiger partial charge in [0.15, 0.2) is 0 Å². The second-order valence-corrected chi connectivity index (χ2v) is 6.38. The molecule has 0 aromatic carbocycles. The predicted octanol–water partition coefficient (Wildman–Crippen LogP) is 1.92. The molecule has 0 saturated carbocycles. The van der Waals surface area contributed by atoms with Crippen molar-refractivity contribution in [3.8, 4) is 0 Å². The summed E-state index contributed by atoms with van der Waals surface area (Å²) in [4.78, 5) is 14.7. The van der Waals surface area contributed by atoms with Crippen LogP contribution in [0.25, 0.3) is 0 Å². The molecule has 0 bridgehead atoms. The lowest BCUT2D eigenvalue weighted by Crippen LogP contribution is -2.40. The van der Waals surface area contributed by atoms with Gasteiger partial charge in [-0.05, 0) is 39.7 Å². The van der Waals surface area contributed by atoms with Crippen LogP contribution < -0.4 is 5.32 Å². The van der Waals surface area contributed by atoms with Gasteiger partial charge in [-0.3, -0.25) is 14.4 Å². The molecule has 2 rings (SSSR count). The highest BCUT2D eigenvalue weighted by molar-refractivity contribution is 5.92. The number of nitrogens with one attached hydrogen (secondary N) is 1. The van der Waals surface area contributed by atoms with E-state index in [-0.39, 0.29) is 18.0 Å². The van der Waals surface area contributed by atoms with Gasteiger partial charge in [0.05, 0.1) is 0 Å². The molecule has 1 fully saturated rings. The van der Waals surface area contributed by atoms with E-state index in [1.807, 2.05) is 24.7 Å². The molecule has 1 aromatic rings. The van der Waals surface area contributed by atoms with Crippen molar-refractivity contribution in [2.75, 3.05) is 13.1 Å². The number of hydrogen-bond donors (Lipinski definition) is 1. The van der Waals surface area contributed by atoms with Gasteiger partial charge in [0.1, 0.15) is 5.69 Å². The molecule has 5 heteroatoms. The lowest BCUT2D eigenvalue weighted by Gasteiger charge is -2.20. The van der Waals surface area contributed by atoms with Gasteiger partial charge >= 0.3 is 0 Å². The van der Waals surface area contributed by atoms with Crippen LogP contribution in [0.4, 0.5) is 0 Å². The second-order valence-electron chi connectivity index (χ2n) is 6.38. The lowest BCUT2D eigenvalue weighted by molar-refractivity contribution is 0.0924. The Morgan fingerprint density at radius 1 is 1.30 bits per heavy atom. The molecule has 1 saturated heterocycles. The SMILES string of the molecule is CC(C)N1C[C@@H](C)[C@H](NC(=O)c2ccn(C(C)C)n2)C1. The highest BCUT2D eigenvalue weighted by Crippen LogP contribution is 2.19. The van der Waals surface area contributed by atoms with Crippen LogP contribution in [-0.4, -0.2) is 45.8 Å². The Kier molecular flexibility index (Phi) is 4.48. The Morgan fingerprint density at radius 3 is 2.50 bits per heavy atom. The van der Waals surface area contributed by atoms with Gasteiger partial charge in [0.2, 0.25) is 0 Å². The zero-order chi connectivity index (χ0) is 14.9. The van der Waals surface area contributed by atoms with Crippen LogP contribution in [0.1, 0.15) is 51.1 Å². The summed E-state index contributed by atoms with van der Waals surface area (Å²) >= 11 is 0. The van der Waals surface area contributed by atoms with Crippen molar-refractivity contribution < 1.29 is 4.79 Å². The minimum Gasteiger partial charge on any atom is -0.346 e. The first-order valence-corrected chi connectivity index (χ1v) is 7.48.